The summed E-state index contributed by atoms with van der Waals surface area (Å²) < 4.78 is 1.06. The average molecular weight is 333 g/mol. The molecule has 0 atom stereocenters. The minimum absolute atomic E-state index is 0.773. The molecule has 0 radical (unpaired) electrons. The largest absolute Gasteiger partial charge is 0.264 e. The molecular formula is C16H11BrClN. The second-order valence-corrected chi connectivity index (χ2v) is 5.75. The first kappa shape index (κ1) is 12.6. The first-order valence-corrected chi connectivity index (χ1v) is 7.12. The Kier molecular flexibility index (Phi) is 3.29. The van der Waals surface area contributed by atoms with E-state index in [0.29, 0.717) is 0 Å². The molecule has 0 amide bonds. The highest BCUT2D eigenvalue weighted by Crippen LogP contribution is 2.35. The van der Waals surface area contributed by atoms with E-state index < -0.39 is 0 Å². The molecule has 1 nitrogen and oxygen atoms in total. The van der Waals surface area contributed by atoms with Gasteiger partial charge in [-0.15, -0.1) is 0 Å². The Bertz CT molecular complexity index is 748. The van der Waals surface area contributed by atoms with E-state index in [4.69, 9.17) is 11.6 Å². The zero-order chi connectivity index (χ0) is 13.4. The van der Waals surface area contributed by atoms with Gasteiger partial charge in [0.15, 0.2) is 0 Å². The SMILES string of the molecule is Cc1cccc(Cl)c1-c1cc(Br)c2ccncc2c1. The number of rotatable bonds is 1. The van der Waals surface area contributed by atoms with Crippen molar-refractivity contribution in [3.63, 3.8) is 0 Å². The summed E-state index contributed by atoms with van der Waals surface area (Å²) in [5.41, 5.74) is 3.36. The Morgan fingerprint density at radius 2 is 2.00 bits per heavy atom. The Morgan fingerprint density at radius 3 is 2.79 bits per heavy atom. The molecule has 0 unspecified atom stereocenters. The molecule has 94 valence electrons. The summed E-state index contributed by atoms with van der Waals surface area (Å²) in [7, 11) is 0. The molecule has 0 aliphatic carbocycles. The summed E-state index contributed by atoms with van der Waals surface area (Å²) in [6.07, 6.45) is 3.67. The molecule has 1 heterocycles. The van der Waals surface area contributed by atoms with Crippen molar-refractivity contribution in [3.8, 4) is 11.1 Å². The van der Waals surface area contributed by atoms with Gasteiger partial charge in [0.2, 0.25) is 0 Å². The van der Waals surface area contributed by atoms with Crippen molar-refractivity contribution in [1.29, 1.82) is 0 Å². The summed E-state index contributed by atoms with van der Waals surface area (Å²) in [4.78, 5) is 4.18. The third-order valence-electron chi connectivity index (χ3n) is 3.21. The fraction of sp³-hybridized carbons (Fsp3) is 0.0625. The maximum absolute atomic E-state index is 6.34. The van der Waals surface area contributed by atoms with Crippen LogP contribution in [0.3, 0.4) is 0 Å². The number of aromatic nitrogens is 1. The summed E-state index contributed by atoms with van der Waals surface area (Å²) in [5, 5.41) is 3.03. The van der Waals surface area contributed by atoms with Crippen LogP contribution < -0.4 is 0 Å². The van der Waals surface area contributed by atoms with Gasteiger partial charge in [-0.05, 0) is 47.7 Å². The minimum Gasteiger partial charge on any atom is -0.264 e. The van der Waals surface area contributed by atoms with Crippen LogP contribution in [0.15, 0.2) is 53.3 Å². The maximum atomic E-state index is 6.34. The van der Waals surface area contributed by atoms with E-state index in [1.54, 1.807) is 6.20 Å². The van der Waals surface area contributed by atoms with Crippen LogP contribution in [0.25, 0.3) is 21.9 Å². The number of fused-ring (bicyclic) bond motifs is 1. The highest BCUT2D eigenvalue weighted by Gasteiger charge is 2.09. The topological polar surface area (TPSA) is 12.9 Å². The molecule has 0 N–H and O–H groups in total. The molecule has 19 heavy (non-hydrogen) atoms. The van der Waals surface area contributed by atoms with E-state index in [2.05, 4.69) is 46.0 Å². The van der Waals surface area contributed by atoms with Crippen LogP contribution in [0.2, 0.25) is 5.02 Å². The standard InChI is InChI=1S/C16H11BrClN/c1-10-3-2-4-15(18)16(10)11-7-12-9-19-6-5-13(12)14(17)8-11/h2-9H,1H3. The van der Waals surface area contributed by atoms with E-state index >= 15 is 0 Å². The number of aryl methyl sites for hydroxylation is 1. The third kappa shape index (κ3) is 2.26. The van der Waals surface area contributed by atoms with Gasteiger partial charge in [0, 0.05) is 32.8 Å². The van der Waals surface area contributed by atoms with Crippen molar-refractivity contribution >= 4 is 38.3 Å². The van der Waals surface area contributed by atoms with Gasteiger partial charge in [-0.3, -0.25) is 4.98 Å². The lowest BCUT2D eigenvalue weighted by Crippen LogP contribution is -1.86. The Morgan fingerprint density at radius 1 is 1.16 bits per heavy atom. The molecule has 0 aliphatic heterocycles. The number of pyridine rings is 1. The van der Waals surface area contributed by atoms with Gasteiger partial charge in [-0.2, -0.15) is 0 Å². The Hall–Kier alpha value is -1.38. The number of hydrogen-bond donors (Lipinski definition) is 0. The maximum Gasteiger partial charge on any atom is 0.0487 e. The summed E-state index contributed by atoms with van der Waals surface area (Å²) in [5.74, 6) is 0. The zero-order valence-electron chi connectivity index (χ0n) is 10.3. The van der Waals surface area contributed by atoms with Crippen LogP contribution in [-0.4, -0.2) is 4.98 Å². The summed E-state index contributed by atoms with van der Waals surface area (Å²) >= 11 is 9.96. The van der Waals surface area contributed by atoms with Gasteiger partial charge >= 0.3 is 0 Å². The summed E-state index contributed by atoms with van der Waals surface area (Å²) in [6.45, 7) is 2.07. The van der Waals surface area contributed by atoms with Crippen LogP contribution in [0.5, 0.6) is 0 Å². The monoisotopic (exact) mass is 331 g/mol. The van der Waals surface area contributed by atoms with E-state index in [1.165, 1.54) is 5.56 Å². The normalized spacial score (nSPS) is 10.9. The fourth-order valence-electron chi connectivity index (χ4n) is 2.30. The lowest BCUT2D eigenvalue weighted by molar-refractivity contribution is 1.36. The van der Waals surface area contributed by atoms with Crippen molar-refractivity contribution in [2.24, 2.45) is 0 Å². The predicted molar refractivity (Wildman–Crippen MR) is 84.6 cm³/mol. The van der Waals surface area contributed by atoms with Crippen LogP contribution in [0.4, 0.5) is 0 Å². The van der Waals surface area contributed by atoms with E-state index in [-0.39, 0.29) is 0 Å². The summed E-state index contributed by atoms with van der Waals surface area (Å²) in [6, 6.07) is 12.2. The molecule has 0 saturated carbocycles. The van der Waals surface area contributed by atoms with Gasteiger partial charge in [-0.1, -0.05) is 39.7 Å². The number of benzene rings is 2. The van der Waals surface area contributed by atoms with Gasteiger partial charge in [0.05, 0.1) is 0 Å². The molecule has 1 aromatic heterocycles. The van der Waals surface area contributed by atoms with Crippen molar-refractivity contribution in [2.45, 2.75) is 6.92 Å². The van der Waals surface area contributed by atoms with Crippen LogP contribution >= 0.6 is 27.5 Å². The molecule has 0 saturated heterocycles. The first-order chi connectivity index (χ1) is 9.16. The first-order valence-electron chi connectivity index (χ1n) is 5.95. The smallest absolute Gasteiger partial charge is 0.0487 e. The minimum atomic E-state index is 0.773. The lowest BCUT2D eigenvalue weighted by atomic mass is 9.98. The van der Waals surface area contributed by atoms with Crippen molar-refractivity contribution < 1.29 is 0 Å². The highest BCUT2D eigenvalue weighted by atomic mass is 79.9. The molecule has 0 aliphatic rings. The number of hydrogen-bond acceptors (Lipinski definition) is 1. The highest BCUT2D eigenvalue weighted by molar-refractivity contribution is 9.10. The van der Waals surface area contributed by atoms with Gasteiger partial charge in [-0.25, -0.2) is 0 Å². The van der Waals surface area contributed by atoms with Gasteiger partial charge in [0.25, 0.3) is 0 Å². The Balaban J connectivity index is 2.32. The number of nitrogens with zero attached hydrogens (tertiary/aromatic N) is 1. The van der Waals surface area contributed by atoms with Crippen LogP contribution in [-0.2, 0) is 0 Å². The number of halogens is 2. The zero-order valence-corrected chi connectivity index (χ0v) is 12.7. The van der Waals surface area contributed by atoms with E-state index in [1.807, 2.05) is 24.4 Å². The molecule has 0 bridgehead atoms. The molecule has 3 rings (SSSR count). The quantitative estimate of drug-likeness (QED) is 0.563. The predicted octanol–water partition coefficient (Wildman–Crippen LogP) is 5.63. The molecule has 0 fully saturated rings. The third-order valence-corrected chi connectivity index (χ3v) is 4.18. The Labute approximate surface area is 125 Å². The van der Waals surface area contributed by atoms with Gasteiger partial charge < -0.3 is 0 Å². The van der Waals surface area contributed by atoms with Crippen LogP contribution in [0.1, 0.15) is 5.56 Å². The average Bonchev–Trinajstić information content (AvgIpc) is 2.38. The van der Waals surface area contributed by atoms with Crippen LogP contribution in [0, 0.1) is 6.92 Å². The lowest BCUT2D eigenvalue weighted by Gasteiger charge is -2.10. The molecule has 0 spiro atoms. The second kappa shape index (κ2) is 4.95. The molecule has 3 heteroatoms. The van der Waals surface area contributed by atoms with Crippen molar-refractivity contribution in [3.05, 3.63) is 63.9 Å². The molecular weight excluding hydrogens is 322 g/mol. The van der Waals surface area contributed by atoms with Crippen molar-refractivity contribution in [1.82, 2.24) is 4.98 Å². The second-order valence-electron chi connectivity index (χ2n) is 4.49. The molecule has 2 aromatic carbocycles. The van der Waals surface area contributed by atoms with Crippen molar-refractivity contribution in [2.75, 3.05) is 0 Å². The van der Waals surface area contributed by atoms with E-state index in [0.717, 1.165) is 31.4 Å². The molecule has 3 aromatic rings. The fourth-order valence-corrected chi connectivity index (χ4v) is 3.24. The van der Waals surface area contributed by atoms with E-state index in [9.17, 15) is 0 Å². The van der Waals surface area contributed by atoms with Gasteiger partial charge in [0.1, 0.15) is 0 Å².